The monoisotopic (exact) mass is 586 g/mol. The van der Waals surface area contributed by atoms with Gasteiger partial charge >= 0.3 is 5.97 Å². The Morgan fingerprint density at radius 1 is 0.929 bits per heavy atom. The molecule has 4 heterocycles. The second-order valence-electron chi connectivity index (χ2n) is 12.0. The van der Waals surface area contributed by atoms with Crippen molar-refractivity contribution in [3.63, 3.8) is 0 Å². The first-order chi connectivity index (χ1) is 20.4. The van der Waals surface area contributed by atoms with Crippen LogP contribution >= 0.6 is 11.3 Å². The van der Waals surface area contributed by atoms with Crippen LogP contribution in [-0.2, 0) is 14.4 Å². The van der Waals surface area contributed by atoms with Gasteiger partial charge in [0, 0.05) is 41.7 Å². The Labute approximate surface area is 250 Å². The first-order valence-electron chi connectivity index (χ1n) is 15.3. The minimum atomic E-state index is -0.908. The number of rotatable bonds is 7. The highest BCUT2D eigenvalue weighted by Gasteiger charge is 2.40. The molecule has 220 valence electrons. The fourth-order valence-corrected chi connectivity index (χ4v) is 7.99. The Balaban J connectivity index is 1.27. The average Bonchev–Trinajstić information content (AvgIpc) is 3.76. The highest BCUT2D eigenvalue weighted by Crippen LogP contribution is 2.42. The second-order valence-corrected chi connectivity index (χ2v) is 12.9. The summed E-state index contributed by atoms with van der Waals surface area (Å²) in [4.78, 5) is 51.5. The van der Waals surface area contributed by atoms with Crippen molar-refractivity contribution in [1.29, 1.82) is 0 Å². The summed E-state index contributed by atoms with van der Waals surface area (Å²) in [5, 5.41) is 12.4. The second kappa shape index (κ2) is 12.3. The minimum Gasteiger partial charge on any atom is -0.481 e. The van der Waals surface area contributed by atoms with Crippen LogP contribution in [0.15, 0.2) is 48.0 Å². The van der Waals surface area contributed by atoms with E-state index in [1.54, 1.807) is 16.0 Å². The number of benzene rings is 1. The smallest absolute Gasteiger partial charge is 0.304 e. The molecule has 3 aromatic rings. The van der Waals surface area contributed by atoms with Gasteiger partial charge in [-0.05, 0) is 48.8 Å². The van der Waals surface area contributed by atoms with Gasteiger partial charge in [-0.1, -0.05) is 63.3 Å². The Bertz CT molecular complexity index is 1450. The third kappa shape index (κ3) is 5.71. The van der Waals surface area contributed by atoms with Crippen molar-refractivity contribution in [3.8, 4) is 22.4 Å². The molecule has 2 amide bonds. The Morgan fingerprint density at radius 3 is 2.38 bits per heavy atom. The Morgan fingerprint density at radius 2 is 1.69 bits per heavy atom. The molecule has 3 atom stereocenters. The lowest BCUT2D eigenvalue weighted by Crippen LogP contribution is -2.44. The maximum atomic E-state index is 14.0. The molecule has 0 radical (unpaired) electrons. The summed E-state index contributed by atoms with van der Waals surface area (Å²) >= 11 is 1.44. The van der Waals surface area contributed by atoms with Gasteiger partial charge in [0.15, 0.2) is 5.13 Å². The number of aliphatic carboxylic acids is 1. The van der Waals surface area contributed by atoms with E-state index in [0.29, 0.717) is 30.0 Å². The van der Waals surface area contributed by atoms with Gasteiger partial charge in [-0.25, -0.2) is 9.97 Å². The standard InChI is InChI=1S/C33H38N4O4S/c1-21-15-17-36(31(21)40)29-14-13-23(19-34-29)25-10-4-5-12-26(25)28-20-42-33(35-28)37-16-7-6-11-24(22-8-2-3-9-22)27(32(37)41)18-30(38)39/h4-5,10,12-14,19-22,24,27H,2-3,6-9,11,15-18H2,1H3,(H,38,39)/t21-,24+,27+/m1/s1. The lowest BCUT2D eigenvalue weighted by Gasteiger charge is -2.35. The molecule has 1 N–H and O–H groups in total. The van der Waals surface area contributed by atoms with Crippen molar-refractivity contribution in [2.75, 3.05) is 22.9 Å². The summed E-state index contributed by atoms with van der Waals surface area (Å²) in [6, 6.07) is 11.9. The van der Waals surface area contributed by atoms with Gasteiger partial charge in [-0.15, -0.1) is 11.3 Å². The summed E-state index contributed by atoms with van der Waals surface area (Å²) in [5.41, 5.74) is 3.60. The van der Waals surface area contributed by atoms with Crippen molar-refractivity contribution in [3.05, 3.63) is 48.0 Å². The molecule has 9 heteroatoms. The van der Waals surface area contributed by atoms with E-state index in [1.807, 2.05) is 48.7 Å². The van der Waals surface area contributed by atoms with E-state index < -0.39 is 11.9 Å². The van der Waals surface area contributed by atoms with Crippen molar-refractivity contribution < 1.29 is 19.5 Å². The Kier molecular flexibility index (Phi) is 8.38. The molecule has 2 saturated heterocycles. The molecule has 42 heavy (non-hydrogen) atoms. The molecule has 0 bridgehead atoms. The van der Waals surface area contributed by atoms with E-state index in [1.165, 1.54) is 24.2 Å². The van der Waals surface area contributed by atoms with E-state index in [2.05, 4.69) is 4.98 Å². The van der Waals surface area contributed by atoms with Crippen LogP contribution in [0.2, 0.25) is 0 Å². The number of pyridine rings is 1. The van der Waals surface area contributed by atoms with Crippen LogP contribution in [0, 0.1) is 23.7 Å². The normalized spacial score (nSPS) is 23.8. The molecule has 1 aliphatic carbocycles. The van der Waals surface area contributed by atoms with Gasteiger partial charge in [0.2, 0.25) is 11.8 Å². The summed E-state index contributed by atoms with van der Waals surface area (Å²) in [7, 11) is 0. The molecule has 2 aliphatic heterocycles. The van der Waals surface area contributed by atoms with Gasteiger partial charge in [-0.2, -0.15) is 0 Å². The third-order valence-corrected chi connectivity index (χ3v) is 10.3. The molecule has 1 saturated carbocycles. The van der Waals surface area contributed by atoms with E-state index in [4.69, 9.17) is 4.98 Å². The summed E-state index contributed by atoms with van der Waals surface area (Å²) < 4.78 is 0. The third-order valence-electron chi connectivity index (χ3n) is 9.40. The predicted octanol–water partition coefficient (Wildman–Crippen LogP) is 6.66. The fraction of sp³-hybridized carbons (Fsp3) is 0.485. The number of amides is 2. The predicted molar refractivity (Wildman–Crippen MR) is 164 cm³/mol. The maximum absolute atomic E-state index is 14.0. The largest absolute Gasteiger partial charge is 0.481 e. The fourth-order valence-electron chi connectivity index (χ4n) is 7.14. The first-order valence-corrected chi connectivity index (χ1v) is 16.1. The number of hydrogen-bond acceptors (Lipinski definition) is 6. The average molecular weight is 587 g/mol. The topological polar surface area (TPSA) is 104 Å². The van der Waals surface area contributed by atoms with E-state index in [9.17, 15) is 19.5 Å². The lowest BCUT2D eigenvalue weighted by molar-refractivity contribution is -0.142. The molecule has 0 spiro atoms. The molecule has 3 fully saturated rings. The lowest BCUT2D eigenvalue weighted by atomic mass is 9.74. The van der Waals surface area contributed by atoms with Crippen LogP contribution in [0.4, 0.5) is 10.9 Å². The zero-order valence-electron chi connectivity index (χ0n) is 24.1. The van der Waals surface area contributed by atoms with E-state index in [0.717, 1.165) is 60.9 Å². The molecule has 3 aliphatic rings. The van der Waals surface area contributed by atoms with Gasteiger partial charge < -0.3 is 5.11 Å². The number of carbonyl (C=O) groups is 3. The quantitative estimate of drug-likeness (QED) is 0.332. The molecule has 0 unspecified atom stereocenters. The van der Waals surface area contributed by atoms with Gasteiger partial charge in [-0.3, -0.25) is 24.2 Å². The van der Waals surface area contributed by atoms with Crippen LogP contribution in [0.25, 0.3) is 22.4 Å². The highest BCUT2D eigenvalue weighted by molar-refractivity contribution is 7.14. The highest BCUT2D eigenvalue weighted by atomic mass is 32.1. The summed E-state index contributed by atoms with van der Waals surface area (Å²) in [6.45, 7) is 3.20. The Hall–Kier alpha value is -3.59. The van der Waals surface area contributed by atoms with Crippen molar-refractivity contribution in [1.82, 2.24) is 9.97 Å². The number of hydrogen-bond donors (Lipinski definition) is 1. The van der Waals surface area contributed by atoms with Crippen molar-refractivity contribution in [2.45, 2.75) is 64.7 Å². The molecular weight excluding hydrogens is 548 g/mol. The summed E-state index contributed by atoms with van der Waals surface area (Å²) in [6.07, 6.45) is 9.85. The van der Waals surface area contributed by atoms with Crippen LogP contribution < -0.4 is 9.80 Å². The van der Waals surface area contributed by atoms with Crippen molar-refractivity contribution >= 4 is 40.1 Å². The van der Waals surface area contributed by atoms with Crippen LogP contribution in [-0.4, -0.2) is 45.9 Å². The van der Waals surface area contributed by atoms with Crippen LogP contribution in [0.1, 0.15) is 64.7 Å². The maximum Gasteiger partial charge on any atom is 0.304 e. The molecule has 2 aromatic heterocycles. The van der Waals surface area contributed by atoms with Gasteiger partial charge in [0.1, 0.15) is 5.82 Å². The van der Waals surface area contributed by atoms with Crippen LogP contribution in [0.3, 0.4) is 0 Å². The van der Waals surface area contributed by atoms with E-state index in [-0.39, 0.29) is 30.1 Å². The molecule has 8 nitrogen and oxygen atoms in total. The minimum absolute atomic E-state index is 0.0273. The zero-order chi connectivity index (χ0) is 29.2. The molecular formula is C33H38N4O4S. The molecule has 6 rings (SSSR count). The number of carbonyl (C=O) groups excluding carboxylic acids is 2. The van der Waals surface area contributed by atoms with E-state index >= 15 is 0 Å². The van der Waals surface area contributed by atoms with Crippen molar-refractivity contribution in [2.24, 2.45) is 23.7 Å². The van der Waals surface area contributed by atoms with Gasteiger partial charge in [0.05, 0.1) is 18.0 Å². The number of carboxylic acid groups (broad SMARTS) is 1. The van der Waals surface area contributed by atoms with Crippen LogP contribution in [0.5, 0.6) is 0 Å². The number of thiazole rings is 1. The number of aromatic nitrogens is 2. The number of anilines is 2. The van der Waals surface area contributed by atoms with Gasteiger partial charge in [0.25, 0.3) is 0 Å². The number of nitrogens with zero attached hydrogens (tertiary/aromatic N) is 4. The SMILES string of the molecule is C[C@@H]1CCN(c2ccc(-c3ccccc3-c3csc(N4CCCC[C@@H](C5CCCC5)[C@H](CC(=O)O)C4=O)n3)cn2)C1=O. The first kappa shape index (κ1) is 28.5. The summed E-state index contributed by atoms with van der Waals surface area (Å²) in [5.74, 6) is -0.145. The zero-order valence-corrected chi connectivity index (χ0v) is 24.9. The molecule has 1 aromatic carbocycles. The number of carboxylic acids is 1.